The van der Waals surface area contributed by atoms with Crippen LogP contribution in [0.3, 0.4) is 0 Å². The van der Waals surface area contributed by atoms with Gasteiger partial charge in [-0.2, -0.15) is 0 Å². The van der Waals surface area contributed by atoms with Crippen LogP contribution in [0.5, 0.6) is 0 Å². The summed E-state index contributed by atoms with van der Waals surface area (Å²) in [7, 11) is 0. The van der Waals surface area contributed by atoms with E-state index >= 15 is 0 Å². The highest BCUT2D eigenvalue weighted by molar-refractivity contribution is 4.91. The lowest BCUT2D eigenvalue weighted by Crippen LogP contribution is -2.46. The first-order valence-corrected chi connectivity index (χ1v) is 9.17. The lowest BCUT2D eigenvalue weighted by Gasteiger charge is -2.39. The van der Waals surface area contributed by atoms with Crippen LogP contribution >= 0.6 is 0 Å². The molecule has 0 bridgehead atoms. The van der Waals surface area contributed by atoms with E-state index in [1.807, 2.05) is 0 Å². The van der Waals surface area contributed by atoms with E-state index in [0.717, 1.165) is 18.5 Å². The van der Waals surface area contributed by atoms with Crippen molar-refractivity contribution in [1.29, 1.82) is 0 Å². The molecule has 3 saturated carbocycles. The molecule has 2 heteroatoms. The highest BCUT2D eigenvalue weighted by Crippen LogP contribution is 2.36. The molecule has 0 aromatic carbocycles. The van der Waals surface area contributed by atoms with Gasteiger partial charge in [-0.25, -0.2) is 0 Å². The second-order valence-corrected chi connectivity index (χ2v) is 7.76. The maximum Gasteiger partial charge on any atom is 0.0810 e. The number of hydrogen-bond donors (Lipinski definition) is 1. The van der Waals surface area contributed by atoms with Gasteiger partial charge < -0.3 is 10.1 Å². The summed E-state index contributed by atoms with van der Waals surface area (Å²) >= 11 is 0. The van der Waals surface area contributed by atoms with Gasteiger partial charge in [0.25, 0.3) is 0 Å². The number of rotatable bonds is 5. The van der Waals surface area contributed by atoms with E-state index in [1.165, 1.54) is 77.0 Å². The van der Waals surface area contributed by atoms with E-state index in [2.05, 4.69) is 12.2 Å². The van der Waals surface area contributed by atoms with Crippen LogP contribution in [-0.4, -0.2) is 24.3 Å². The zero-order valence-electron chi connectivity index (χ0n) is 13.3. The normalized spacial score (nSPS) is 34.6. The Labute approximate surface area is 125 Å². The Morgan fingerprint density at radius 1 is 0.950 bits per heavy atom. The zero-order chi connectivity index (χ0) is 13.8. The average Bonchev–Trinajstić information content (AvgIpc) is 3.24. The zero-order valence-corrected chi connectivity index (χ0v) is 13.3. The predicted molar refractivity (Wildman–Crippen MR) is 84.0 cm³/mol. The standard InChI is InChI=1S/C18H33NO/c1-15-7-6-8-17(13-15)20-18(14-19-16-9-10-16)11-4-2-3-5-12-18/h15-17,19H,2-14H2,1H3. The molecule has 3 fully saturated rings. The monoisotopic (exact) mass is 279 g/mol. The topological polar surface area (TPSA) is 21.3 Å². The Morgan fingerprint density at radius 3 is 2.35 bits per heavy atom. The third-order valence-electron chi connectivity index (χ3n) is 5.61. The minimum atomic E-state index is 0.167. The highest BCUT2D eigenvalue weighted by Gasteiger charge is 2.37. The van der Waals surface area contributed by atoms with E-state index in [-0.39, 0.29) is 5.60 Å². The summed E-state index contributed by atoms with van der Waals surface area (Å²) in [4.78, 5) is 0. The Bertz CT molecular complexity index is 292. The van der Waals surface area contributed by atoms with E-state index in [4.69, 9.17) is 4.74 Å². The molecule has 1 N–H and O–H groups in total. The van der Waals surface area contributed by atoms with Gasteiger partial charge in [0, 0.05) is 12.6 Å². The van der Waals surface area contributed by atoms with Gasteiger partial charge in [-0.3, -0.25) is 0 Å². The first-order valence-electron chi connectivity index (χ1n) is 9.17. The molecule has 3 aliphatic carbocycles. The third-order valence-corrected chi connectivity index (χ3v) is 5.61. The van der Waals surface area contributed by atoms with Crippen LogP contribution in [0, 0.1) is 5.92 Å². The summed E-state index contributed by atoms with van der Waals surface area (Å²) < 4.78 is 6.79. The van der Waals surface area contributed by atoms with Crippen LogP contribution < -0.4 is 5.32 Å². The molecule has 0 heterocycles. The SMILES string of the molecule is CC1CCCC(OC2(CNC3CC3)CCCCCC2)C1. The smallest absolute Gasteiger partial charge is 0.0810 e. The van der Waals surface area contributed by atoms with Crippen LogP contribution in [0.25, 0.3) is 0 Å². The van der Waals surface area contributed by atoms with E-state index in [1.54, 1.807) is 0 Å². The van der Waals surface area contributed by atoms with Crippen molar-refractivity contribution < 1.29 is 4.74 Å². The van der Waals surface area contributed by atoms with E-state index < -0.39 is 0 Å². The largest absolute Gasteiger partial charge is 0.370 e. The predicted octanol–water partition coefficient (Wildman–Crippen LogP) is 4.43. The van der Waals surface area contributed by atoms with Crippen molar-refractivity contribution in [3.05, 3.63) is 0 Å². The summed E-state index contributed by atoms with van der Waals surface area (Å²) in [6.07, 6.45) is 16.8. The minimum Gasteiger partial charge on any atom is -0.370 e. The summed E-state index contributed by atoms with van der Waals surface area (Å²) in [6.45, 7) is 3.51. The van der Waals surface area contributed by atoms with Crippen molar-refractivity contribution in [1.82, 2.24) is 5.32 Å². The Balaban J connectivity index is 1.59. The van der Waals surface area contributed by atoms with Crippen molar-refractivity contribution in [2.75, 3.05) is 6.54 Å². The highest BCUT2D eigenvalue weighted by atomic mass is 16.5. The van der Waals surface area contributed by atoms with Gasteiger partial charge in [0.2, 0.25) is 0 Å². The quantitative estimate of drug-likeness (QED) is 0.752. The number of hydrogen-bond acceptors (Lipinski definition) is 2. The Hall–Kier alpha value is -0.0800. The summed E-state index contributed by atoms with van der Waals surface area (Å²) in [5.41, 5.74) is 0.167. The van der Waals surface area contributed by atoms with Gasteiger partial charge in [0.1, 0.15) is 0 Å². The second-order valence-electron chi connectivity index (χ2n) is 7.76. The van der Waals surface area contributed by atoms with Crippen molar-refractivity contribution in [2.24, 2.45) is 5.92 Å². The molecular weight excluding hydrogens is 246 g/mol. The molecule has 3 rings (SSSR count). The van der Waals surface area contributed by atoms with Crippen LogP contribution in [0.1, 0.15) is 84.0 Å². The fourth-order valence-electron chi connectivity index (χ4n) is 4.17. The van der Waals surface area contributed by atoms with Gasteiger partial charge in [-0.1, -0.05) is 45.4 Å². The molecule has 20 heavy (non-hydrogen) atoms. The average molecular weight is 279 g/mol. The first-order chi connectivity index (χ1) is 9.76. The second kappa shape index (κ2) is 6.79. The molecule has 2 nitrogen and oxygen atoms in total. The van der Waals surface area contributed by atoms with Gasteiger partial charge in [0.15, 0.2) is 0 Å². The van der Waals surface area contributed by atoms with Gasteiger partial charge in [-0.15, -0.1) is 0 Å². The molecule has 0 spiro atoms. The molecule has 0 aliphatic heterocycles. The Kier molecular flexibility index (Phi) is 5.04. The molecule has 0 saturated heterocycles. The molecule has 0 aromatic heterocycles. The van der Waals surface area contributed by atoms with E-state index in [0.29, 0.717) is 6.10 Å². The fourth-order valence-corrected chi connectivity index (χ4v) is 4.17. The van der Waals surface area contributed by atoms with Gasteiger partial charge in [0.05, 0.1) is 11.7 Å². The van der Waals surface area contributed by atoms with Crippen molar-refractivity contribution in [3.8, 4) is 0 Å². The first kappa shape index (κ1) is 14.8. The number of nitrogens with one attached hydrogen (secondary N) is 1. The minimum absolute atomic E-state index is 0.167. The lowest BCUT2D eigenvalue weighted by atomic mass is 9.87. The molecule has 0 amide bonds. The lowest BCUT2D eigenvalue weighted by molar-refractivity contribution is -0.117. The van der Waals surface area contributed by atoms with Crippen molar-refractivity contribution in [3.63, 3.8) is 0 Å². The maximum atomic E-state index is 6.79. The fraction of sp³-hybridized carbons (Fsp3) is 1.00. The van der Waals surface area contributed by atoms with Crippen LogP contribution in [0.2, 0.25) is 0 Å². The van der Waals surface area contributed by atoms with Gasteiger partial charge >= 0.3 is 0 Å². The van der Waals surface area contributed by atoms with Crippen molar-refractivity contribution >= 4 is 0 Å². The third kappa shape index (κ3) is 4.21. The summed E-state index contributed by atoms with van der Waals surface area (Å²) in [5, 5.41) is 3.77. The molecule has 3 aliphatic rings. The van der Waals surface area contributed by atoms with Crippen LogP contribution in [0.4, 0.5) is 0 Å². The Morgan fingerprint density at radius 2 is 1.70 bits per heavy atom. The van der Waals surface area contributed by atoms with Gasteiger partial charge in [-0.05, 0) is 44.4 Å². The summed E-state index contributed by atoms with van der Waals surface area (Å²) in [5.74, 6) is 0.868. The molecular formula is C18H33NO. The molecule has 2 unspecified atom stereocenters. The molecule has 0 radical (unpaired) electrons. The molecule has 0 aromatic rings. The van der Waals surface area contributed by atoms with Crippen molar-refractivity contribution in [2.45, 2.75) is 102 Å². The maximum absolute atomic E-state index is 6.79. The van der Waals surface area contributed by atoms with Crippen LogP contribution in [-0.2, 0) is 4.74 Å². The molecule has 116 valence electrons. The van der Waals surface area contributed by atoms with Crippen LogP contribution in [0.15, 0.2) is 0 Å². The van der Waals surface area contributed by atoms with E-state index in [9.17, 15) is 0 Å². The number of ether oxygens (including phenoxy) is 1. The molecule has 2 atom stereocenters. The summed E-state index contributed by atoms with van der Waals surface area (Å²) in [6, 6.07) is 0.809.